The molecule has 1 aliphatic rings. The predicted octanol–water partition coefficient (Wildman–Crippen LogP) is -0.400. The SMILES string of the molecule is Cl.N[C@@](O)(CCc1ccccc1)C(=O)N1CC[C@@H](O)C1O. The van der Waals surface area contributed by atoms with E-state index in [0.717, 1.165) is 10.5 Å². The third-order valence-electron chi connectivity index (χ3n) is 3.60. The molecule has 0 radical (unpaired) electrons. The second-order valence-electron chi connectivity index (χ2n) is 5.18. The van der Waals surface area contributed by atoms with E-state index in [2.05, 4.69) is 0 Å². The summed E-state index contributed by atoms with van der Waals surface area (Å²) in [5, 5.41) is 29.2. The van der Waals surface area contributed by atoms with Crippen molar-refractivity contribution in [2.45, 2.75) is 37.3 Å². The van der Waals surface area contributed by atoms with Crippen molar-refractivity contribution in [3.8, 4) is 0 Å². The Balaban J connectivity index is 0.00000220. The minimum absolute atomic E-state index is 0. The van der Waals surface area contributed by atoms with Crippen molar-refractivity contribution in [3.63, 3.8) is 0 Å². The number of amides is 1. The van der Waals surface area contributed by atoms with Gasteiger partial charge in [-0.15, -0.1) is 12.4 Å². The van der Waals surface area contributed by atoms with E-state index in [9.17, 15) is 20.1 Å². The molecule has 1 saturated heterocycles. The van der Waals surface area contributed by atoms with Crippen LogP contribution in [0.1, 0.15) is 18.4 Å². The van der Waals surface area contributed by atoms with Crippen LogP contribution < -0.4 is 5.73 Å². The van der Waals surface area contributed by atoms with Gasteiger partial charge in [-0.1, -0.05) is 30.3 Å². The molecule has 1 heterocycles. The molecule has 6 nitrogen and oxygen atoms in total. The van der Waals surface area contributed by atoms with E-state index < -0.39 is 24.0 Å². The molecule has 118 valence electrons. The van der Waals surface area contributed by atoms with Gasteiger partial charge in [0, 0.05) is 13.0 Å². The number of nitrogens with two attached hydrogens (primary N) is 1. The van der Waals surface area contributed by atoms with Gasteiger partial charge in [0.1, 0.15) is 6.10 Å². The van der Waals surface area contributed by atoms with Crippen molar-refractivity contribution in [1.82, 2.24) is 4.90 Å². The zero-order chi connectivity index (χ0) is 14.8. The lowest BCUT2D eigenvalue weighted by Gasteiger charge is -2.30. The van der Waals surface area contributed by atoms with Crippen LogP contribution in [-0.2, 0) is 11.2 Å². The second-order valence-corrected chi connectivity index (χ2v) is 5.18. The number of halogens is 1. The third kappa shape index (κ3) is 4.15. The van der Waals surface area contributed by atoms with Gasteiger partial charge in [-0.25, -0.2) is 0 Å². The average molecular weight is 317 g/mol. The predicted molar refractivity (Wildman–Crippen MR) is 79.5 cm³/mol. The Bertz CT molecular complexity index is 469. The molecule has 1 aliphatic heterocycles. The van der Waals surface area contributed by atoms with Gasteiger partial charge >= 0.3 is 0 Å². The van der Waals surface area contributed by atoms with Gasteiger partial charge in [-0.3, -0.25) is 10.5 Å². The fraction of sp³-hybridized carbons (Fsp3) is 0.500. The van der Waals surface area contributed by atoms with Gasteiger partial charge in [-0.05, 0) is 18.4 Å². The van der Waals surface area contributed by atoms with Crippen LogP contribution in [0.5, 0.6) is 0 Å². The smallest absolute Gasteiger partial charge is 0.271 e. The number of likely N-dealkylation sites (tertiary alicyclic amines) is 1. The summed E-state index contributed by atoms with van der Waals surface area (Å²) in [4.78, 5) is 13.1. The van der Waals surface area contributed by atoms with Gasteiger partial charge in [0.15, 0.2) is 12.0 Å². The zero-order valence-electron chi connectivity index (χ0n) is 11.6. The minimum atomic E-state index is -2.04. The lowest BCUT2D eigenvalue weighted by molar-refractivity contribution is -0.161. The van der Waals surface area contributed by atoms with E-state index in [1.165, 1.54) is 0 Å². The van der Waals surface area contributed by atoms with Crippen LogP contribution in [0.2, 0.25) is 0 Å². The highest BCUT2D eigenvalue weighted by Gasteiger charge is 2.42. The Hall–Kier alpha value is -1.18. The number of carbonyl (C=O) groups excluding carboxylic acids is 1. The molecular formula is C14H21ClN2O4. The fourth-order valence-electron chi connectivity index (χ4n) is 2.32. The average Bonchev–Trinajstić information content (AvgIpc) is 2.77. The molecule has 21 heavy (non-hydrogen) atoms. The highest BCUT2D eigenvalue weighted by atomic mass is 35.5. The third-order valence-corrected chi connectivity index (χ3v) is 3.60. The first-order valence-corrected chi connectivity index (χ1v) is 6.64. The second kappa shape index (κ2) is 7.20. The van der Waals surface area contributed by atoms with Crippen LogP contribution in [0.4, 0.5) is 0 Å². The van der Waals surface area contributed by atoms with Crippen molar-refractivity contribution < 1.29 is 20.1 Å². The maximum Gasteiger partial charge on any atom is 0.271 e. The van der Waals surface area contributed by atoms with Crippen molar-refractivity contribution >= 4 is 18.3 Å². The van der Waals surface area contributed by atoms with Crippen molar-refractivity contribution in [2.24, 2.45) is 5.73 Å². The van der Waals surface area contributed by atoms with Crippen molar-refractivity contribution in [3.05, 3.63) is 35.9 Å². The number of aliphatic hydroxyl groups excluding tert-OH is 2. The van der Waals surface area contributed by atoms with Crippen molar-refractivity contribution in [2.75, 3.05) is 6.54 Å². The minimum Gasteiger partial charge on any atom is -0.388 e. The molecule has 1 fully saturated rings. The monoisotopic (exact) mass is 316 g/mol. The molecule has 0 spiro atoms. The van der Waals surface area contributed by atoms with Crippen LogP contribution in [0.3, 0.4) is 0 Å². The first kappa shape index (κ1) is 17.9. The first-order valence-electron chi connectivity index (χ1n) is 6.64. The normalized spacial score (nSPS) is 24.3. The van der Waals surface area contributed by atoms with Crippen LogP contribution >= 0.6 is 12.4 Å². The van der Waals surface area contributed by atoms with Crippen molar-refractivity contribution in [1.29, 1.82) is 0 Å². The maximum absolute atomic E-state index is 12.1. The summed E-state index contributed by atoms with van der Waals surface area (Å²) in [6.45, 7) is 0.187. The summed E-state index contributed by atoms with van der Waals surface area (Å²) in [6, 6.07) is 9.38. The molecule has 7 heteroatoms. The zero-order valence-corrected chi connectivity index (χ0v) is 12.4. The molecule has 1 unspecified atom stereocenters. The Morgan fingerprint density at radius 1 is 1.33 bits per heavy atom. The van der Waals surface area contributed by atoms with Crippen LogP contribution in [0.15, 0.2) is 30.3 Å². The number of aliphatic hydroxyl groups is 3. The number of benzene rings is 1. The van der Waals surface area contributed by atoms with E-state index in [1.54, 1.807) is 0 Å². The molecule has 5 N–H and O–H groups in total. The van der Waals surface area contributed by atoms with E-state index in [-0.39, 0.29) is 31.8 Å². The van der Waals surface area contributed by atoms with Gasteiger partial charge < -0.3 is 20.2 Å². The standard InChI is InChI=1S/C14H20N2O4.ClH/c15-14(20,8-6-10-4-2-1-3-5-10)13(19)16-9-7-11(17)12(16)18;/h1-5,11-12,17-18,20H,6-9,15H2;1H/t11-,12?,14-;/m1./s1. The largest absolute Gasteiger partial charge is 0.388 e. The van der Waals surface area contributed by atoms with Crippen LogP contribution in [0, 0.1) is 0 Å². The van der Waals surface area contributed by atoms with E-state index in [4.69, 9.17) is 5.73 Å². The van der Waals surface area contributed by atoms with Crippen LogP contribution in [0.25, 0.3) is 0 Å². The molecule has 2 rings (SSSR count). The fourth-order valence-corrected chi connectivity index (χ4v) is 2.32. The summed E-state index contributed by atoms with van der Waals surface area (Å²) in [6.07, 6.45) is -1.50. The Kier molecular flexibility index (Phi) is 6.12. The van der Waals surface area contributed by atoms with E-state index >= 15 is 0 Å². The van der Waals surface area contributed by atoms with Gasteiger partial charge in [0.2, 0.25) is 0 Å². The summed E-state index contributed by atoms with van der Waals surface area (Å²) in [5.41, 5.74) is 4.59. The number of aryl methyl sites for hydroxylation is 1. The lowest BCUT2D eigenvalue weighted by Crippen LogP contribution is -2.57. The molecule has 0 aliphatic carbocycles. The van der Waals surface area contributed by atoms with Crippen LogP contribution in [-0.4, -0.2) is 50.7 Å². The molecule has 0 aromatic heterocycles. The van der Waals surface area contributed by atoms with Gasteiger partial charge in [-0.2, -0.15) is 0 Å². The van der Waals surface area contributed by atoms with Gasteiger partial charge in [0.25, 0.3) is 5.91 Å². The highest BCUT2D eigenvalue weighted by molar-refractivity contribution is 5.85. The Morgan fingerprint density at radius 3 is 2.48 bits per heavy atom. The first-order chi connectivity index (χ1) is 9.42. The number of carbonyl (C=O) groups is 1. The molecule has 3 atom stereocenters. The molecule has 0 saturated carbocycles. The molecular weight excluding hydrogens is 296 g/mol. The number of nitrogens with zero attached hydrogens (tertiary/aromatic N) is 1. The quantitative estimate of drug-likeness (QED) is 0.565. The molecule has 0 bridgehead atoms. The summed E-state index contributed by atoms with van der Waals surface area (Å²) >= 11 is 0. The highest BCUT2D eigenvalue weighted by Crippen LogP contribution is 2.20. The number of rotatable bonds is 4. The maximum atomic E-state index is 12.1. The Labute approximate surface area is 129 Å². The molecule has 1 amide bonds. The van der Waals surface area contributed by atoms with E-state index in [0.29, 0.717) is 6.42 Å². The number of hydrogen-bond acceptors (Lipinski definition) is 5. The topological polar surface area (TPSA) is 107 Å². The van der Waals surface area contributed by atoms with Gasteiger partial charge in [0.05, 0.1) is 0 Å². The Morgan fingerprint density at radius 2 is 1.95 bits per heavy atom. The summed E-state index contributed by atoms with van der Waals surface area (Å²) < 4.78 is 0. The molecule has 1 aromatic rings. The molecule has 1 aromatic carbocycles. The summed E-state index contributed by atoms with van der Waals surface area (Å²) in [5.74, 6) is -0.752. The van der Waals surface area contributed by atoms with E-state index in [1.807, 2.05) is 30.3 Å². The number of hydrogen-bond donors (Lipinski definition) is 4. The lowest BCUT2D eigenvalue weighted by atomic mass is 10.0. The summed E-state index contributed by atoms with van der Waals surface area (Å²) in [7, 11) is 0.